The fraction of sp³-hybridized carbons (Fsp3) is 0.350. The lowest BCUT2D eigenvalue weighted by molar-refractivity contribution is 0.452. The lowest BCUT2D eigenvalue weighted by atomic mass is 10.1. The van der Waals surface area contributed by atoms with Crippen molar-refractivity contribution >= 4 is 46.2 Å². The molecule has 0 atom stereocenters. The second-order valence-electron chi connectivity index (χ2n) is 5.96. The molecule has 0 fully saturated rings. The highest BCUT2D eigenvalue weighted by Crippen LogP contribution is 2.33. The summed E-state index contributed by atoms with van der Waals surface area (Å²) < 4.78 is 7.02. The second kappa shape index (κ2) is 9.43. The SMILES string of the molecule is CCCN(/C=N/c1cc(C)c(Oc2ccc(Cl)c(I)c2)cc1C)CC. The van der Waals surface area contributed by atoms with Gasteiger partial charge in [-0.25, -0.2) is 4.99 Å². The van der Waals surface area contributed by atoms with E-state index in [4.69, 9.17) is 16.3 Å². The lowest BCUT2D eigenvalue weighted by Crippen LogP contribution is -2.21. The van der Waals surface area contributed by atoms with Gasteiger partial charge in [0, 0.05) is 16.7 Å². The highest BCUT2D eigenvalue weighted by molar-refractivity contribution is 14.1. The average molecular weight is 471 g/mol. The number of rotatable bonds is 7. The van der Waals surface area contributed by atoms with E-state index < -0.39 is 0 Å². The Bertz CT molecular complexity index is 762. The Balaban J connectivity index is 2.21. The van der Waals surface area contributed by atoms with Crippen LogP contribution in [-0.2, 0) is 0 Å². The summed E-state index contributed by atoms with van der Waals surface area (Å²) >= 11 is 8.28. The maximum atomic E-state index is 6.07. The molecule has 25 heavy (non-hydrogen) atoms. The summed E-state index contributed by atoms with van der Waals surface area (Å²) in [4.78, 5) is 6.87. The zero-order valence-corrected chi connectivity index (χ0v) is 18.1. The fourth-order valence-electron chi connectivity index (χ4n) is 2.42. The third-order valence-electron chi connectivity index (χ3n) is 3.89. The number of hydrogen-bond acceptors (Lipinski definition) is 2. The van der Waals surface area contributed by atoms with Crippen LogP contribution in [0.1, 0.15) is 31.4 Å². The smallest absolute Gasteiger partial charge is 0.130 e. The Morgan fingerprint density at radius 2 is 1.92 bits per heavy atom. The minimum absolute atomic E-state index is 0.734. The Labute approximate surface area is 169 Å². The van der Waals surface area contributed by atoms with Crippen LogP contribution in [0.3, 0.4) is 0 Å². The highest BCUT2D eigenvalue weighted by Gasteiger charge is 2.08. The Kier molecular flexibility index (Phi) is 7.56. The summed E-state index contributed by atoms with van der Waals surface area (Å²) in [5.41, 5.74) is 3.12. The number of halogens is 2. The molecule has 0 aliphatic rings. The third kappa shape index (κ3) is 5.61. The van der Waals surface area contributed by atoms with E-state index in [1.165, 1.54) is 0 Å². The molecule has 2 rings (SSSR count). The minimum Gasteiger partial charge on any atom is -0.457 e. The van der Waals surface area contributed by atoms with Crippen molar-refractivity contribution in [1.82, 2.24) is 4.90 Å². The monoisotopic (exact) mass is 470 g/mol. The molecule has 0 unspecified atom stereocenters. The molecule has 0 heterocycles. The number of benzene rings is 2. The average Bonchev–Trinajstić information content (AvgIpc) is 2.58. The standard InChI is InChI=1S/C20H24ClIN2O/c1-5-9-24(6-2)13-23-19-10-15(4)20(11-14(19)3)25-16-7-8-17(21)18(22)12-16/h7-8,10-13H,5-6,9H2,1-4H3/b23-13+. The van der Waals surface area contributed by atoms with Crippen molar-refractivity contribution in [3.8, 4) is 11.5 Å². The van der Waals surface area contributed by atoms with Crippen molar-refractivity contribution in [2.45, 2.75) is 34.1 Å². The first-order valence-corrected chi connectivity index (χ1v) is 9.92. The maximum absolute atomic E-state index is 6.07. The van der Waals surface area contributed by atoms with Crippen LogP contribution in [0.15, 0.2) is 35.3 Å². The molecule has 2 aromatic rings. The van der Waals surface area contributed by atoms with Crippen molar-refractivity contribution in [3.05, 3.63) is 50.1 Å². The first-order valence-electron chi connectivity index (χ1n) is 8.47. The predicted molar refractivity (Wildman–Crippen MR) is 116 cm³/mol. The topological polar surface area (TPSA) is 24.8 Å². The number of nitrogens with zero attached hydrogens (tertiary/aromatic N) is 2. The van der Waals surface area contributed by atoms with Crippen LogP contribution in [0.25, 0.3) is 0 Å². The Morgan fingerprint density at radius 1 is 1.16 bits per heavy atom. The van der Waals surface area contributed by atoms with Crippen LogP contribution in [0.4, 0.5) is 5.69 Å². The van der Waals surface area contributed by atoms with Gasteiger partial charge >= 0.3 is 0 Å². The molecule has 2 aromatic carbocycles. The van der Waals surface area contributed by atoms with E-state index in [2.05, 4.69) is 59.3 Å². The largest absolute Gasteiger partial charge is 0.457 e. The third-order valence-corrected chi connectivity index (χ3v) is 5.43. The molecular weight excluding hydrogens is 447 g/mol. The van der Waals surface area contributed by atoms with Gasteiger partial charge < -0.3 is 9.64 Å². The number of ether oxygens (including phenoxy) is 1. The van der Waals surface area contributed by atoms with E-state index in [1.807, 2.05) is 37.5 Å². The summed E-state index contributed by atoms with van der Waals surface area (Å²) in [6.07, 6.45) is 3.05. The van der Waals surface area contributed by atoms with E-state index in [0.717, 1.165) is 56.4 Å². The van der Waals surface area contributed by atoms with Crippen LogP contribution in [0.5, 0.6) is 11.5 Å². The molecule has 0 amide bonds. The van der Waals surface area contributed by atoms with Crippen LogP contribution in [-0.4, -0.2) is 24.3 Å². The molecule has 3 nitrogen and oxygen atoms in total. The van der Waals surface area contributed by atoms with Crippen molar-refractivity contribution in [2.75, 3.05) is 13.1 Å². The normalized spacial score (nSPS) is 11.1. The molecule has 0 aliphatic carbocycles. The summed E-state index contributed by atoms with van der Waals surface area (Å²) in [5, 5.41) is 0.734. The first-order chi connectivity index (χ1) is 11.9. The number of aryl methyl sites for hydroxylation is 2. The predicted octanol–water partition coefficient (Wildman–Crippen LogP) is 6.75. The molecule has 0 spiro atoms. The van der Waals surface area contributed by atoms with E-state index in [-0.39, 0.29) is 0 Å². The molecule has 0 bridgehead atoms. The number of aliphatic imine (C=N–C) groups is 1. The van der Waals surface area contributed by atoms with Crippen LogP contribution in [0.2, 0.25) is 5.02 Å². The van der Waals surface area contributed by atoms with Gasteiger partial charge in [-0.3, -0.25) is 0 Å². The van der Waals surface area contributed by atoms with Gasteiger partial charge in [0.25, 0.3) is 0 Å². The Hall–Kier alpha value is -1.27. The zero-order valence-electron chi connectivity index (χ0n) is 15.1. The van der Waals surface area contributed by atoms with Gasteiger partial charge in [-0.2, -0.15) is 0 Å². The second-order valence-corrected chi connectivity index (χ2v) is 7.52. The van der Waals surface area contributed by atoms with Gasteiger partial charge in [0.15, 0.2) is 0 Å². The van der Waals surface area contributed by atoms with Gasteiger partial charge in [-0.05, 0) is 91.2 Å². The molecular formula is C20H24ClIN2O. The molecule has 134 valence electrons. The summed E-state index contributed by atoms with van der Waals surface area (Å²) in [6, 6.07) is 9.79. The highest BCUT2D eigenvalue weighted by atomic mass is 127. The molecule has 5 heteroatoms. The minimum atomic E-state index is 0.734. The van der Waals surface area contributed by atoms with E-state index in [1.54, 1.807) is 0 Å². The van der Waals surface area contributed by atoms with Crippen LogP contribution >= 0.6 is 34.2 Å². The van der Waals surface area contributed by atoms with Gasteiger partial charge in [0.1, 0.15) is 11.5 Å². The van der Waals surface area contributed by atoms with E-state index in [9.17, 15) is 0 Å². The van der Waals surface area contributed by atoms with Crippen molar-refractivity contribution in [3.63, 3.8) is 0 Å². The fourth-order valence-corrected chi connectivity index (χ4v) is 3.02. The van der Waals surface area contributed by atoms with Gasteiger partial charge in [-0.1, -0.05) is 18.5 Å². The summed E-state index contributed by atoms with van der Waals surface area (Å²) in [6.45, 7) is 10.4. The maximum Gasteiger partial charge on any atom is 0.130 e. The van der Waals surface area contributed by atoms with Crippen molar-refractivity contribution in [2.24, 2.45) is 4.99 Å². The van der Waals surface area contributed by atoms with Crippen molar-refractivity contribution in [1.29, 1.82) is 0 Å². The molecule has 0 aliphatic heterocycles. The first kappa shape index (κ1) is 20.0. The van der Waals surface area contributed by atoms with Gasteiger partial charge in [-0.15, -0.1) is 0 Å². The lowest BCUT2D eigenvalue weighted by Gasteiger charge is -2.16. The molecule has 0 radical (unpaired) electrons. The quantitative estimate of drug-likeness (QED) is 0.254. The molecule has 0 saturated carbocycles. The zero-order chi connectivity index (χ0) is 18.4. The molecule has 0 saturated heterocycles. The van der Waals surface area contributed by atoms with E-state index in [0.29, 0.717) is 0 Å². The molecule has 0 aromatic heterocycles. The number of hydrogen-bond donors (Lipinski definition) is 0. The Morgan fingerprint density at radius 3 is 2.56 bits per heavy atom. The van der Waals surface area contributed by atoms with Gasteiger partial charge in [0.2, 0.25) is 0 Å². The van der Waals surface area contributed by atoms with Gasteiger partial charge in [0.05, 0.1) is 17.0 Å². The van der Waals surface area contributed by atoms with Crippen LogP contribution in [0, 0.1) is 17.4 Å². The van der Waals surface area contributed by atoms with Crippen LogP contribution < -0.4 is 4.74 Å². The van der Waals surface area contributed by atoms with Crippen molar-refractivity contribution < 1.29 is 4.74 Å². The summed E-state index contributed by atoms with van der Waals surface area (Å²) in [7, 11) is 0. The van der Waals surface area contributed by atoms with E-state index >= 15 is 0 Å². The molecule has 0 N–H and O–H groups in total. The summed E-state index contributed by atoms with van der Waals surface area (Å²) in [5.74, 6) is 1.63.